The van der Waals surface area contributed by atoms with Crippen molar-refractivity contribution in [2.75, 3.05) is 13.1 Å². The van der Waals surface area contributed by atoms with E-state index in [-0.39, 0.29) is 17.4 Å². The maximum Gasteiger partial charge on any atom is 0.311 e. The number of amides is 1. The van der Waals surface area contributed by atoms with Crippen molar-refractivity contribution in [2.45, 2.75) is 71.8 Å². The molecule has 5 nitrogen and oxygen atoms in total. The monoisotopic (exact) mass is 388 g/mol. The van der Waals surface area contributed by atoms with Crippen LogP contribution in [0.25, 0.3) is 0 Å². The van der Waals surface area contributed by atoms with Crippen molar-refractivity contribution in [3.63, 3.8) is 0 Å². The van der Waals surface area contributed by atoms with E-state index in [4.69, 9.17) is 0 Å². The average molecular weight is 389 g/mol. The lowest BCUT2D eigenvalue weighted by molar-refractivity contribution is -0.142. The predicted molar refractivity (Wildman–Crippen MR) is 112 cm³/mol. The summed E-state index contributed by atoms with van der Waals surface area (Å²) in [6.45, 7) is 13.7. The zero-order valence-electron chi connectivity index (χ0n) is 18.1. The zero-order chi connectivity index (χ0) is 21.1. The Morgan fingerprint density at radius 1 is 1.21 bits per heavy atom. The summed E-state index contributed by atoms with van der Waals surface area (Å²) >= 11 is 0. The molecule has 1 fully saturated rings. The molecular weight excluding hydrogens is 352 g/mol. The van der Waals surface area contributed by atoms with Crippen molar-refractivity contribution < 1.29 is 14.7 Å². The van der Waals surface area contributed by atoms with Crippen LogP contribution in [0.2, 0.25) is 0 Å². The second kappa shape index (κ2) is 8.64. The summed E-state index contributed by atoms with van der Waals surface area (Å²) in [5.74, 6) is -1.24. The maximum atomic E-state index is 12.4. The number of hydrogen-bond acceptors (Lipinski definition) is 3. The minimum absolute atomic E-state index is 0.0366. The summed E-state index contributed by atoms with van der Waals surface area (Å²) in [7, 11) is 0. The highest BCUT2D eigenvalue weighted by Crippen LogP contribution is 2.42. The van der Waals surface area contributed by atoms with Crippen LogP contribution in [0.4, 0.5) is 0 Å². The second-order valence-electron chi connectivity index (χ2n) is 9.59. The largest absolute Gasteiger partial charge is 0.481 e. The number of rotatable bonds is 8. The summed E-state index contributed by atoms with van der Waals surface area (Å²) < 4.78 is 0. The van der Waals surface area contributed by atoms with Crippen LogP contribution in [0, 0.1) is 11.3 Å². The van der Waals surface area contributed by atoms with Crippen LogP contribution in [-0.2, 0) is 15.0 Å². The molecule has 1 heterocycles. The van der Waals surface area contributed by atoms with E-state index < -0.39 is 17.3 Å². The Hall–Kier alpha value is -1.88. The molecule has 28 heavy (non-hydrogen) atoms. The third kappa shape index (κ3) is 4.75. The normalized spacial score (nSPS) is 18.9. The average Bonchev–Trinajstić information content (AvgIpc) is 3.14. The summed E-state index contributed by atoms with van der Waals surface area (Å²) in [4.78, 5) is 24.8. The van der Waals surface area contributed by atoms with Gasteiger partial charge in [0.15, 0.2) is 0 Å². The SMILES string of the molecule is CC(C)C(C)(C)c1ccccc1C(C(=O)O)C(C)(C)CNC(=O)[C@@H]1CCCN1. The minimum atomic E-state index is -0.856. The molecule has 0 radical (unpaired) electrons. The molecule has 0 bridgehead atoms. The van der Waals surface area contributed by atoms with Crippen LogP contribution >= 0.6 is 0 Å². The van der Waals surface area contributed by atoms with Crippen LogP contribution in [0.15, 0.2) is 24.3 Å². The fourth-order valence-corrected chi connectivity index (χ4v) is 3.98. The molecule has 0 aliphatic carbocycles. The lowest BCUT2D eigenvalue weighted by Crippen LogP contribution is -2.46. The molecular formula is C23H36N2O3. The summed E-state index contributed by atoms with van der Waals surface area (Å²) in [5, 5.41) is 16.3. The van der Waals surface area contributed by atoms with Gasteiger partial charge >= 0.3 is 5.97 Å². The molecule has 1 saturated heterocycles. The molecule has 156 valence electrons. The molecule has 2 rings (SSSR count). The van der Waals surface area contributed by atoms with Gasteiger partial charge in [0, 0.05) is 6.54 Å². The Morgan fingerprint density at radius 3 is 2.39 bits per heavy atom. The number of carbonyl (C=O) groups is 2. The summed E-state index contributed by atoms with van der Waals surface area (Å²) in [6, 6.07) is 7.69. The van der Waals surface area contributed by atoms with Gasteiger partial charge in [-0.2, -0.15) is 0 Å². The van der Waals surface area contributed by atoms with E-state index in [1.54, 1.807) is 0 Å². The van der Waals surface area contributed by atoms with E-state index in [1.165, 1.54) is 0 Å². The van der Waals surface area contributed by atoms with Gasteiger partial charge in [0.1, 0.15) is 0 Å². The number of carboxylic acid groups (broad SMARTS) is 1. The lowest BCUT2D eigenvalue weighted by Gasteiger charge is -2.38. The molecule has 0 spiro atoms. The number of carboxylic acids is 1. The first kappa shape index (κ1) is 22.4. The molecule has 0 aromatic heterocycles. The summed E-state index contributed by atoms with van der Waals surface area (Å²) in [5.41, 5.74) is 1.11. The van der Waals surface area contributed by atoms with E-state index >= 15 is 0 Å². The molecule has 1 amide bonds. The van der Waals surface area contributed by atoms with Gasteiger partial charge in [-0.3, -0.25) is 9.59 Å². The number of benzene rings is 1. The van der Waals surface area contributed by atoms with Crippen LogP contribution in [0.1, 0.15) is 71.4 Å². The van der Waals surface area contributed by atoms with Gasteiger partial charge in [-0.1, -0.05) is 65.8 Å². The Labute approximate surface area is 169 Å². The molecule has 1 aromatic carbocycles. The molecule has 2 atom stereocenters. The topological polar surface area (TPSA) is 78.4 Å². The number of nitrogens with one attached hydrogen (secondary N) is 2. The van der Waals surface area contributed by atoms with Gasteiger partial charge in [-0.15, -0.1) is 0 Å². The zero-order valence-corrected chi connectivity index (χ0v) is 18.1. The first-order chi connectivity index (χ1) is 13.0. The van der Waals surface area contributed by atoms with Crippen molar-refractivity contribution in [1.82, 2.24) is 10.6 Å². The molecule has 0 saturated carbocycles. The van der Waals surface area contributed by atoms with Crippen molar-refractivity contribution in [3.05, 3.63) is 35.4 Å². The molecule has 1 aromatic rings. The van der Waals surface area contributed by atoms with Crippen molar-refractivity contribution >= 4 is 11.9 Å². The predicted octanol–water partition coefficient (Wildman–Crippen LogP) is 3.68. The van der Waals surface area contributed by atoms with Crippen molar-refractivity contribution in [2.24, 2.45) is 11.3 Å². The smallest absolute Gasteiger partial charge is 0.311 e. The highest BCUT2D eigenvalue weighted by molar-refractivity contribution is 5.82. The van der Waals surface area contributed by atoms with Crippen LogP contribution in [0.5, 0.6) is 0 Å². The Morgan fingerprint density at radius 2 is 1.86 bits per heavy atom. The molecule has 3 N–H and O–H groups in total. The first-order valence-electron chi connectivity index (χ1n) is 10.3. The maximum absolute atomic E-state index is 12.4. The minimum Gasteiger partial charge on any atom is -0.481 e. The van der Waals surface area contributed by atoms with Crippen LogP contribution in [-0.4, -0.2) is 36.1 Å². The van der Waals surface area contributed by atoms with E-state index in [9.17, 15) is 14.7 Å². The number of hydrogen-bond donors (Lipinski definition) is 3. The molecule has 5 heteroatoms. The first-order valence-corrected chi connectivity index (χ1v) is 10.3. The summed E-state index contributed by atoms with van der Waals surface area (Å²) in [6.07, 6.45) is 1.83. The van der Waals surface area contributed by atoms with Gasteiger partial charge in [-0.05, 0) is 47.3 Å². The molecule has 1 unspecified atom stereocenters. The van der Waals surface area contributed by atoms with E-state index in [2.05, 4.69) is 38.3 Å². The fourth-order valence-electron chi connectivity index (χ4n) is 3.98. The van der Waals surface area contributed by atoms with Crippen molar-refractivity contribution in [3.8, 4) is 0 Å². The quantitative estimate of drug-likeness (QED) is 0.635. The van der Waals surface area contributed by atoms with E-state index in [1.807, 2.05) is 38.1 Å². The van der Waals surface area contributed by atoms with E-state index in [0.717, 1.165) is 30.5 Å². The highest BCUT2D eigenvalue weighted by atomic mass is 16.4. The van der Waals surface area contributed by atoms with Crippen molar-refractivity contribution in [1.29, 1.82) is 0 Å². The van der Waals surface area contributed by atoms with Gasteiger partial charge < -0.3 is 15.7 Å². The van der Waals surface area contributed by atoms with Gasteiger partial charge in [0.25, 0.3) is 0 Å². The van der Waals surface area contributed by atoms with Crippen LogP contribution < -0.4 is 10.6 Å². The van der Waals surface area contributed by atoms with Gasteiger partial charge in [0.05, 0.1) is 12.0 Å². The standard InChI is InChI=1S/C23H36N2O3/c1-15(2)23(5,6)17-11-8-7-10-16(17)19(21(27)28)22(3,4)14-25-20(26)18-12-9-13-24-18/h7-8,10-11,15,18-19,24H,9,12-14H2,1-6H3,(H,25,26)(H,27,28)/t18-,19?/m0/s1. The number of carbonyl (C=O) groups excluding carboxylic acids is 1. The van der Waals surface area contributed by atoms with Gasteiger partial charge in [0.2, 0.25) is 5.91 Å². The van der Waals surface area contributed by atoms with Crippen LogP contribution in [0.3, 0.4) is 0 Å². The second-order valence-corrected chi connectivity index (χ2v) is 9.59. The lowest BCUT2D eigenvalue weighted by atomic mass is 9.67. The van der Waals surface area contributed by atoms with Gasteiger partial charge in [-0.25, -0.2) is 0 Å². The Bertz CT molecular complexity index is 704. The highest BCUT2D eigenvalue weighted by Gasteiger charge is 2.41. The third-order valence-electron chi connectivity index (χ3n) is 6.53. The Balaban J connectivity index is 2.32. The third-order valence-corrected chi connectivity index (χ3v) is 6.53. The number of aliphatic carboxylic acids is 1. The van der Waals surface area contributed by atoms with E-state index in [0.29, 0.717) is 12.5 Å². The molecule has 1 aliphatic rings. The Kier molecular flexibility index (Phi) is 6.92. The fraction of sp³-hybridized carbons (Fsp3) is 0.652. The molecule has 1 aliphatic heterocycles.